The lowest BCUT2D eigenvalue weighted by Crippen LogP contribution is -2.45. The minimum absolute atomic E-state index is 0.196. The zero-order valence-corrected chi connectivity index (χ0v) is 13.5. The van der Waals surface area contributed by atoms with Crippen LogP contribution in [0.25, 0.3) is 0 Å². The van der Waals surface area contributed by atoms with Gasteiger partial charge in [0, 0.05) is 29.2 Å². The number of aryl methyl sites for hydroxylation is 1. The quantitative estimate of drug-likeness (QED) is 0.822. The van der Waals surface area contributed by atoms with E-state index in [2.05, 4.69) is 21.1 Å². The van der Waals surface area contributed by atoms with Crippen molar-refractivity contribution in [1.29, 1.82) is 0 Å². The highest BCUT2D eigenvalue weighted by Crippen LogP contribution is 2.19. The molecular formula is C15H14BrN3O3. The van der Waals surface area contributed by atoms with Gasteiger partial charge in [-0.2, -0.15) is 0 Å². The topological polar surface area (TPSA) is 66.7 Å². The maximum Gasteiger partial charge on any atom is 0.294 e. The Bertz CT molecular complexity index is 711. The van der Waals surface area contributed by atoms with E-state index in [0.29, 0.717) is 24.4 Å². The van der Waals surface area contributed by atoms with Gasteiger partial charge in [-0.05, 0) is 37.6 Å². The van der Waals surface area contributed by atoms with Gasteiger partial charge in [-0.15, -0.1) is 0 Å². The van der Waals surface area contributed by atoms with Crippen LogP contribution < -0.4 is 0 Å². The number of carbonyl (C=O) groups is 2. The smallest absolute Gasteiger partial charge is 0.294 e. The Labute approximate surface area is 135 Å². The standard InChI is InChI=1S/C15H14BrN3O3/c1-10-9-13(17-22-10)15(21)19-8-2-7-18(19)14(20)11-3-5-12(16)6-4-11/h3-6,9H,2,7-8H2,1H3. The van der Waals surface area contributed by atoms with Crippen molar-refractivity contribution in [2.45, 2.75) is 13.3 Å². The normalized spacial score (nSPS) is 14.5. The molecule has 0 atom stereocenters. The second-order valence-corrected chi connectivity index (χ2v) is 5.96. The summed E-state index contributed by atoms with van der Waals surface area (Å²) in [5.41, 5.74) is 0.757. The molecule has 1 fully saturated rings. The molecule has 2 heterocycles. The van der Waals surface area contributed by atoms with Gasteiger partial charge in [0.15, 0.2) is 5.69 Å². The molecule has 0 unspecified atom stereocenters. The van der Waals surface area contributed by atoms with Crippen molar-refractivity contribution in [2.24, 2.45) is 0 Å². The van der Waals surface area contributed by atoms with Crippen LogP contribution in [0, 0.1) is 6.92 Å². The highest BCUT2D eigenvalue weighted by molar-refractivity contribution is 9.10. The van der Waals surface area contributed by atoms with Gasteiger partial charge in [-0.1, -0.05) is 21.1 Å². The summed E-state index contributed by atoms with van der Waals surface area (Å²) in [6, 6.07) is 8.64. The van der Waals surface area contributed by atoms with E-state index in [1.54, 1.807) is 37.3 Å². The molecule has 1 aliphatic heterocycles. The minimum Gasteiger partial charge on any atom is -0.361 e. The Balaban J connectivity index is 1.82. The second-order valence-electron chi connectivity index (χ2n) is 5.04. The molecule has 3 rings (SSSR count). The molecule has 1 aliphatic rings. The lowest BCUT2D eigenvalue weighted by Gasteiger charge is -2.27. The van der Waals surface area contributed by atoms with Crippen LogP contribution in [0.3, 0.4) is 0 Å². The minimum atomic E-state index is -0.320. The molecule has 0 radical (unpaired) electrons. The van der Waals surface area contributed by atoms with Crippen molar-refractivity contribution in [3.8, 4) is 0 Å². The van der Waals surface area contributed by atoms with Crippen LogP contribution in [0.2, 0.25) is 0 Å². The van der Waals surface area contributed by atoms with E-state index < -0.39 is 0 Å². The van der Waals surface area contributed by atoms with E-state index in [9.17, 15) is 9.59 Å². The zero-order valence-electron chi connectivity index (χ0n) is 12.0. The summed E-state index contributed by atoms with van der Waals surface area (Å²) in [4.78, 5) is 25.0. The predicted octanol–water partition coefficient (Wildman–Crippen LogP) is 2.65. The third-order valence-electron chi connectivity index (χ3n) is 3.44. The van der Waals surface area contributed by atoms with Crippen molar-refractivity contribution in [2.75, 3.05) is 13.1 Å². The number of aromatic nitrogens is 1. The molecule has 114 valence electrons. The van der Waals surface area contributed by atoms with Crippen LogP contribution in [0.1, 0.15) is 33.0 Å². The SMILES string of the molecule is Cc1cc(C(=O)N2CCCN2C(=O)c2ccc(Br)cc2)no1. The average Bonchev–Trinajstić information content (AvgIpc) is 3.15. The monoisotopic (exact) mass is 363 g/mol. The maximum atomic E-state index is 12.6. The Hall–Kier alpha value is -2.15. The summed E-state index contributed by atoms with van der Waals surface area (Å²) in [7, 11) is 0. The van der Waals surface area contributed by atoms with Crippen molar-refractivity contribution in [3.05, 3.63) is 51.8 Å². The lowest BCUT2D eigenvalue weighted by atomic mass is 10.2. The molecule has 1 saturated heterocycles. The van der Waals surface area contributed by atoms with E-state index in [-0.39, 0.29) is 17.5 Å². The van der Waals surface area contributed by atoms with Crippen molar-refractivity contribution >= 4 is 27.7 Å². The van der Waals surface area contributed by atoms with Crippen molar-refractivity contribution in [3.63, 3.8) is 0 Å². The number of carbonyl (C=O) groups excluding carboxylic acids is 2. The molecule has 0 saturated carbocycles. The molecule has 1 aromatic heterocycles. The largest absolute Gasteiger partial charge is 0.361 e. The molecule has 0 N–H and O–H groups in total. The number of halogens is 1. The number of hydrogen-bond donors (Lipinski definition) is 0. The first kappa shape index (κ1) is 14.8. The zero-order chi connectivity index (χ0) is 15.7. The summed E-state index contributed by atoms with van der Waals surface area (Å²) < 4.78 is 5.83. The molecule has 1 aromatic carbocycles. The first-order valence-corrected chi connectivity index (χ1v) is 7.68. The van der Waals surface area contributed by atoms with E-state index in [1.807, 2.05) is 0 Å². The van der Waals surface area contributed by atoms with Crippen LogP contribution in [-0.4, -0.2) is 40.1 Å². The number of amides is 2. The van der Waals surface area contributed by atoms with E-state index >= 15 is 0 Å². The van der Waals surface area contributed by atoms with Crippen molar-refractivity contribution in [1.82, 2.24) is 15.2 Å². The number of hydrazine groups is 1. The molecule has 2 amide bonds. The molecule has 0 bridgehead atoms. The van der Waals surface area contributed by atoms with Crippen LogP contribution in [0.15, 0.2) is 39.3 Å². The summed E-state index contributed by atoms with van der Waals surface area (Å²) in [6.07, 6.45) is 0.741. The van der Waals surface area contributed by atoms with Crippen LogP contribution in [-0.2, 0) is 0 Å². The highest BCUT2D eigenvalue weighted by atomic mass is 79.9. The maximum absolute atomic E-state index is 12.6. The molecule has 0 aliphatic carbocycles. The fourth-order valence-electron chi connectivity index (χ4n) is 2.37. The Morgan fingerprint density at radius 3 is 2.36 bits per heavy atom. The van der Waals surface area contributed by atoms with Crippen LogP contribution in [0.5, 0.6) is 0 Å². The third-order valence-corrected chi connectivity index (χ3v) is 3.97. The van der Waals surface area contributed by atoms with E-state index in [4.69, 9.17) is 4.52 Å². The molecule has 2 aromatic rings. The van der Waals surface area contributed by atoms with Gasteiger partial charge in [0.25, 0.3) is 11.8 Å². The third kappa shape index (κ3) is 2.76. The number of benzene rings is 1. The Morgan fingerprint density at radius 1 is 1.14 bits per heavy atom. The Morgan fingerprint density at radius 2 is 1.77 bits per heavy atom. The van der Waals surface area contributed by atoms with Gasteiger partial charge < -0.3 is 4.52 Å². The average molecular weight is 364 g/mol. The van der Waals surface area contributed by atoms with Gasteiger partial charge in [0.2, 0.25) is 0 Å². The summed E-state index contributed by atoms with van der Waals surface area (Å²) >= 11 is 3.34. The van der Waals surface area contributed by atoms with Gasteiger partial charge in [-0.25, -0.2) is 10.0 Å². The molecular weight excluding hydrogens is 350 g/mol. The first-order valence-electron chi connectivity index (χ1n) is 6.89. The summed E-state index contributed by atoms with van der Waals surface area (Å²) in [6.45, 7) is 2.73. The fraction of sp³-hybridized carbons (Fsp3) is 0.267. The number of nitrogens with zero attached hydrogens (tertiary/aromatic N) is 3. The molecule has 6 nitrogen and oxygen atoms in total. The molecule has 7 heteroatoms. The van der Waals surface area contributed by atoms with Crippen LogP contribution in [0.4, 0.5) is 0 Å². The molecule has 22 heavy (non-hydrogen) atoms. The van der Waals surface area contributed by atoms with E-state index in [0.717, 1.165) is 10.9 Å². The van der Waals surface area contributed by atoms with Gasteiger partial charge in [0.05, 0.1) is 0 Å². The Kier molecular flexibility index (Phi) is 3.98. The van der Waals surface area contributed by atoms with Gasteiger partial charge in [0.1, 0.15) is 5.76 Å². The lowest BCUT2D eigenvalue weighted by molar-refractivity contribution is 0.0180. The fourth-order valence-corrected chi connectivity index (χ4v) is 2.64. The van der Waals surface area contributed by atoms with Crippen molar-refractivity contribution < 1.29 is 14.1 Å². The van der Waals surface area contributed by atoms with E-state index in [1.165, 1.54) is 10.0 Å². The highest BCUT2D eigenvalue weighted by Gasteiger charge is 2.33. The second kappa shape index (κ2) is 5.92. The summed E-state index contributed by atoms with van der Waals surface area (Å²) in [5, 5.41) is 6.63. The number of rotatable bonds is 2. The first-order chi connectivity index (χ1) is 10.6. The summed E-state index contributed by atoms with van der Waals surface area (Å²) in [5.74, 6) is 0.0479. The number of hydrogen-bond acceptors (Lipinski definition) is 4. The predicted molar refractivity (Wildman–Crippen MR) is 82.1 cm³/mol. The molecule has 0 spiro atoms. The van der Waals surface area contributed by atoms with Gasteiger partial charge in [-0.3, -0.25) is 9.59 Å². The van der Waals surface area contributed by atoms with Gasteiger partial charge >= 0.3 is 0 Å². The van der Waals surface area contributed by atoms with Crippen LogP contribution >= 0.6 is 15.9 Å².